The molecule has 0 aromatic heterocycles. The predicted molar refractivity (Wildman–Crippen MR) is 68.8 cm³/mol. The Labute approximate surface area is 110 Å². The number of rotatable bonds is 1. The standard InChI is InChI=1S/C14H13FN2O2/c1-9-4-6-11(7-5-9)13(18)17-8-12(15)10(2)16(3)14(17)19/h4-8H,2H2,1,3H3. The van der Waals surface area contributed by atoms with Gasteiger partial charge in [0.25, 0.3) is 5.91 Å². The number of likely N-dealkylation sites (N-methyl/N-ethyl adjacent to an activating group) is 1. The lowest BCUT2D eigenvalue weighted by molar-refractivity contribution is 0.0824. The van der Waals surface area contributed by atoms with E-state index >= 15 is 0 Å². The van der Waals surface area contributed by atoms with Crippen molar-refractivity contribution in [1.29, 1.82) is 0 Å². The van der Waals surface area contributed by atoms with Crippen LogP contribution in [0, 0.1) is 6.92 Å². The smallest absolute Gasteiger partial charge is 0.294 e. The molecule has 1 aliphatic heterocycles. The highest BCUT2D eigenvalue weighted by molar-refractivity contribution is 6.06. The summed E-state index contributed by atoms with van der Waals surface area (Å²) in [7, 11) is 1.37. The third kappa shape index (κ3) is 2.27. The number of amides is 3. The first kappa shape index (κ1) is 13.0. The Hall–Kier alpha value is -2.43. The molecule has 0 saturated heterocycles. The van der Waals surface area contributed by atoms with Crippen molar-refractivity contribution in [3.05, 3.63) is 59.7 Å². The third-order valence-corrected chi connectivity index (χ3v) is 2.93. The minimum Gasteiger partial charge on any atom is -0.294 e. The van der Waals surface area contributed by atoms with Gasteiger partial charge in [-0.25, -0.2) is 14.1 Å². The monoisotopic (exact) mass is 260 g/mol. The molecule has 3 amide bonds. The number of aryl methyl sites for hydroxylation is 1. The zero-order valence-corrected chi connectivity index (χ0v) is 10.7. The molecule has 5 heteroatoms. The molecule has 0 atom stereocenters. The second kappa shape index (κ2) is 4.68. The second-order valence-corrected chi connectivity index (χ2v) is 4.31. The fourth-order valence-electron chi connectivity index (χ4n) is 1.66. The number of carbonyl (C=O) groups excluding carboxylic acids is 2. The minimum absolute atomic E-state index is 0.0574. The van der Waals surface area contributed by atoms with Gasteiger partial charge in [-0.3, -0.25) is 9.69 Å². The van der Waals surface area contributed by atoms with E-state index in [9.17, 15) is 14.0 Å². The van der Waals surface area contributed by atoms with Crippen molar-refractivity contribution in [2.45, 2.75) is 6.92 Å². The average Bonchev–Trinajstić information content (AvgIpc) is 2.40. The topological polar surface area (TPSA) is 40.6 Å². The number of nitrogens with zero attached hydrogens (tertiary/aromatic N) is 2. The van der Waals surface area contributed by atoms with Gasteiger partial charge in [0.1, 0.15) is 0 Å². The lowest BCUT2D eigenvalue weighted by atomic mass is 10.1. The molecule has 0 aliphatic carbocycles. The number of halogens is 1. The lowest BCUT2D eigenvalue weighted by Crippen LogP contribution is -2.44. The first-order chi connectivity index (χ1) is 8.91. The summed E-state index contributed by atoms with van der Waals surface area (Å²) in [5.74, 6) is -1.28. The summed E-state index contributed by atoms with van der Waals surface area (Å²) in [4.78, 5) is 25.8. The highest BCUT2D eigenvalue weighted by Crippen LogP contribution is 2.23. The van der Waals surface area contributed by atoms with Gasteiger partial charge in [0.2, 0.25) is 0 Å². The molecule has 0 N–H and O–H groups in total. The van der Waals surface area contributed by atoms with E-state index in [0.717, 1.165) is 21.6 Å². The molecule has 1 heterocycles. The van der Waals surface area contributed by atoms with E-state index in [4.69, 9.17) is 0 Å². The zero-order valence-electron chi connectivity index (χ0n) is 10.7. The maximum atomic E-state index is 13.6. The summed E-state index contributed by atoms with van der Waals surface area (Å²) in [6.07, 6.45) is 0.868. The number of imide groups is 1. The molecule has 19 heavy (non-hydrogen) atoms. The molecule has 0 unspecified atom stereocenters. The Morgan fingerprint density at radius 1 is 1.26 bits per heavy atom. The summed E-state index contributed by atoms with van der Waals surface area (Å²) >= 11 is 0. The van der Waals surface area contributed by atoms with Crippen molar-refractivity contribution >= 4 is 11.9 Å². The predicted octanol–water partition coefficient (Wildman–Crippen LogP) is 2.83. The molecule has 4 nitrogen and oxygen atoms in total. The van der Waals surface area contributed by atoms with Crippen molar-refractivity contribution in [1.82, 2.24) is 9.80 Å². The third-order valence-electron chi connectivity index (χ3n) is 2.93. The van der Waals surface area contributed by atoms with Gasteiger partial charge >= 0.3 is 6.03 Å². The van der Waals surface area contributed by atoms with Crippen LogP contribution in [-0.4, -0.2) is 28.8 Å². The van der Waals surface area contributed by atoms with Gasteiger partial charge in [-0.05, 0) is 19.1 Å². The van der Waals surface area contributed by atoms with Crippen LogP contribution < -0.4 is 0 Å². The fourth-order valence-corrected chi connectivity index (χ4v) is 1.66. The van der Waals surface area contributed by atoms with Gasteiger partial charge in [0.05, 0.1) is 11.9 Å². The number of allylic oxidation sites excluding steroid dienone is 1. The molecule has 0 saturated carbocycles. The van der Waals surface area contributed by atoms with E-state index in [1.807, 2.05) is 6.92 Å². The van der Waals surface area contributed by atoms with Crippen LogP contribution in [0.5, 0.6) is 0 Å². The molecule has 1 aliphatic rings. The average molecular weight is 260 g/mol. The first-order valence-electron chi connectivity index (χ1n) is 5.66. The highest BCUT2D eigenvalue weighted by Gasteiger charge is 2.31. The van der Waals surface area contributed by atoms with E-state index in [1.54, 1.807) is 24.3 Å². The van der Waals surface area contributed by atoms with Gasteiger partial charge < -0.3 is 0 Å². The lowest BCUT2D eigenvalue weighted by Gasteiger charge is -2.29. The largest absolute Gasteiger partial charge is 0.335 e. The van der Waals surface area contributed by atoms with Crippen LogP contribution in [0.4, 0.5) is 9.18 Å². The number of urea groups is 1. The molecule has 1 aromatic rings. The molecule has 0 radical (unpaired) electrons. The Morgan fingerprint density at radius 2 is 1.84 bits per heavy atom. The zero-order chi connectivity index (χ0) is 14.2. The molecule has 1 aromatic carbocycles. The Morgan fingerprint density at radius 3 is 2.42 bits per heavy atom. The van der Waals surface area contributed by atoms with E-state index in [0.29, 0.717) is 5.56 Å². The molecule has 0 fully saturated rings. The Balaban J connectivity index is 2.36. The summed E-state index contributed by atoms with van der Waals surface area (Å²) in [5.41, 5.74) is 1.26. The Kier molecular flexibility index (Phi) is 3.21. The van der Waals surface area contributed by atoms with Gasteiger partial charge in [0.15, 0.2) is 5.83 Å². The van der Waals surface area contributed by atoms with Crippen molar-refractivity contribution < 1.29 is 14.0 Å². The quantitative estimate of drug-likeness (QED) is 0.779. The van der Waals surface area contributed by atoms with Crippen molar-refractivity contribution in [3.8, 4) is 0 Å². The van der Waals surface area contributed by atoms with Gasteiger partial charge in [0, 0.05) is 12.6 Å². The maximum absolute atomic E-state index is 13.6. The summed E-state index contributed by atoms with van der Waals surface area (Å²) in [6.45, 7) is 5.32. The normalized spacial score (nSPS) is 15.6. The number of benzene rings is 1. The minimum atomic E-state index is -0.706. The van der Waals surface area contributed by atoms with Crippen molar-refractivity contribution in [2.75, 3.05) is 7.05 Å². The summed E-state index contributed by atoms with van der Waals surface area (Å²) < 4.78 is 13.6. The molecular formula is C14H13FN2O2. The molecule has 0 spiro atoms. The highest BCUT2D eigenvalue weighted by atomic mass is 19.1. The molecule has 0 bridgehead atoms. The first-order valence-corrected chi connectivity index (χ1v) is 5.66. The van der Waals surface area contributed by atoms with Crippen LogP contribution in [0.3, 0.4) is 0 Å². The number of carbonyl (C=O) groups is 2. The van der Waals surface area contributed by atoms with Crippen molar-refractivity contribution in [3.63, 3.8) is 0 Å². The van der Waals surface area contributed by atoms with Crippen molar-refractivity contribution in [2.24, 2.45) is 0 Å². The van der Waals surface area contributed by atoms with E-state index < -0.39 is 17.8 Å². The van der Waals surface area contributed by atoms with Crippen LogP contribution in [0.15, 0.2) is 48.6 Å². The SMILES string of the molecule is C=C1C(F)=CN(C(=O)c2ccc(C)cc2)C(=O)N1C. The summed E-state index contributed by atoms with van der Waals surface area (Å²) in [6, 6.07) is 6.08. The summed E-state index contributed by atoms with van der Waals surface area (Å²) in [5, 5.41) is 0. The number of hydrogen-bond donors (Lipinski definition) is 0. The molecule has 98 valence electrons. The van der Waals surface area contributed by atoms with Crippen LogP contribution in [0.1, 0.15) is 15.9 Å². The van der Waals surface area contributed by atoms with Crippen LogP contribution >= 0.6 is 0 Å². The van der Waals surface area contributed by atoms with E-state index in [1.165, 1.54) is 7.05 Å². The van der Waals surface area contributed by atoms with Gasteiger partial charge in [-0.2, -0.15) is 0 Å². The van der Waals surface area contributed by atoms with Crippen LogP contribution in [-0.2, 0) is 0 Å². The van der Waals surface area contributed by atoms with Crippen LogP contribution in [0.25, 0.3) is 0 Å². The van der Waals surface area contributed by atoms with Gasteiger partial charge in [-0.1, -0.05) is 24.3 Å². The van der Waals surface area contributed by atoms with Crippen LogP contribution in [0.2, 0.25) is 0 Å². The van der Waals surface area contributed by atoms with E-state index in [-0.39, 0.29) is 5.70 Å². The van der Waals surface area contributed by atoms with E-state index in [2.05, 4.69) is 6.58 Å². The van der Waals surface area contributed by atoms with Gasteiger partial charge in [-0.15, -0.1) is 0 Å². The fraction of sp³-hybridized carbons (Fsp3) is 0.143. The Bertz CT molecular complexity index is 590. The number of hydrogen-bond acceptors (Lipinski definition) is 2. The molecule has 2 rings (SSSR count). The second-order valence-electron chi connectivity index (χ2n) is 4.31. The maximum Gasteiger partial charge on any atom is 0.335 e. The molecular weight excluding hydrogens is 247 g/mol.